The lowest BCUT2D eigenvalue weighted by atomic mass is 10.2. The minimum Gasteiger partial charge on any atom is -0.458 e. The summed E-state index contributed by atoms with van der Waals surface area (Å²) in [5.41, 5.74) is 0.972. The summed E-state index contributed by atoms with van der Waals surface area (Å²) in [6.07, 6.45) is -1.48. The average molecular weight is 267 g/mol. The van der Waals surface area contributed by atoms with Crippen LogP contribution in [-0.4, -0.2) is 24.9 Å². The van der Waals surface area contributed by atoms with Crippen molar-refractivity contribution < 1.29 is 19.1 Å². The first kappa shape index (κ1) is 12.7. The number of carbonyl (C=O) groups is 1. The van der Waals surface area contributed by atoms with E-state index < -0.39 is 12.2 Å². The van der Waals surface area contributed by atoms with Gasteiger partial charge in [-0.25, -0.2) is 4.79 Å². The molecule has 2 heterocycles. The van der Waals surface area contributed by atoms with E-state index in [1.807, 2.05) is 16.8 Å². The number of aliphatic hydroxyl groups is 1. The summed E-state index contributed by atoms with van der Waals surface area (Å²) in [6.45, 7) is 0.0449. The van der Waals surface area contributed by atoms with Crippen LogP contribution in [-0.2, 0) is 4.74 Å². The summed E-state index contributed by atoms with van der Waals surface area (Å²) < 4.78 is 9.93. The van der Waals surface area contributed by atoms with Gasteiger partial charge in [0.15, 0.2) is 0 Å². The number of rotatable bonds is 4. The number of methoxy groups -OCH3 is 1. The lowest BCUT2D eigenvalue weighted by Crippen LogP contribution is -2.27. The van der Waals surface area contributed by atoms with E-state index in [4.69, 9.17) is 4.42 Å². The first-order chi connectivity index (χ1) is 8.70. The molecule has 0 fully saturated rings. The molecule has 0 saturated heterocycles. The van der Waals surface area contributed by atoms with Crippen LogP contribution in [0.2, 0.25) is 0 Å². The molecular formula is C12H13NO4S. The monoisotopic (exact) mass is 267 g/mol. The lowest BCUT2D eigenvalue weighted by molar-refractivity contribution is 0.134. The Hall–Kier alpha value is -1.79. The van der Waals surface area contributed by atoms with Gasteiger partial charge in [-0.1, -0.05) is 0 Å². The maximum atomic E-state index is 10.9. The Kier molecular flexibility index (Phi) is 4.01. The van der Waals surface area contributed by atoms with E-state index in [0.29, 0.717) is 11.5 Å². The van der Waals surface area contributed by atoms with Gasteiger partial charge in [0.1, 0.15) is 17.6 Å². The minimum absolute atomic E-state index is 0.0449. The van der Waals surface area contributed by atoms with Crippen molar-refractivity contribution in [3.05, 3.63) is 34.7 Å². The molecule has 2 aromatic rings. The van der Waals surface area contributed by atoms with Crippen molar-refractivity contribution in [2.24, 2.45) is 0 Å². The molecule has 0 aromatic carbocycles. The smallest absolute Gasteiger partial charge is 0.406 e. The molecule has 0 saturated carbocycles. The predicted molar refractivity (Wildman–Crippen MR) is 67.4 cm³/mol. The van der Waals surface area contributed by atoms with Crippen molar-refractivity contribution in [3.8, 4) is 11.3 Å². The molecule has 6 heteroatoms. The van der Waals surface area contributed by atoms with E-state index in [0.717, 1.165) is 5.56 Å². The van der Waals surface area contributed by atoms with Gasteiger partial charge in [0.2, 0.25) is 0 Å². The van der Waals surface area contributed by atoms with Gasteiger partial charge in [-0.3, -0.25) is 0 Å². The van der Waals surface area contributed by atoms with Gasteiger partial charge in [-0.15, -0.1) is 0 Å². The number of furan rings is 1. The molecule has 0 radical (unpaired) electrons. The van der Waals surface area contributed by atoms with Gasteiger partial charge in [0.05, 0.1) is 13.7 Å². The Morgan fingerprint density at radius 1 is 1.56 bits per heavy atom. The zero-order valence-electron chi connectivity index (χ0n) is 9.75. The number of hydrogen-bond donors (Lipinski definition) is 2. The summed E-state index contributed by atoms with van der Waals surface area (Å²) in [6, 6.07) is 5.42. The van der Waals surface area contributed by atoms with Gasteiger partial charge in [0.25, 0.3) is 0 Å². The second kappa shape index (κ2) is 5.70. The number of thiophene rings is 1. The standard InChI is InChI=1S/C12H13NO4S/c1-16-12(15)13-6-9(14)11-3-2-10(17-11)8-4-5-18-7-8/h2-5,7,9,14H,6H2,1H3,(H,13,15). The number of ether oxygens (including phenoxy) is 1. The summed E-state index contributed by atoms with van der Waals surface area (Å²) in [4.78, 5) is 10.9. The van der Waals surface area contributed by atoms with E-state index in [1.54, 1.807) is 23.5 Å². The number of aliphatic hydroxyl groups excluding tert-OH is 1. The zero-order valence-corrected chi connectivity index (χ0v) is 10.6. The van der Waals surface area contributed by atoms with Crippen LogP contribution in [0, 0.1) is 0 Å². The van der Waals surface area contributed by atoms with Gasteiger partial charge in [-0.05, 0) is 23.6 Å². The number of amides is 1. The van der Waals surface area contributed by atoms with Crippen LogP contribution in [0.25, 0.3) is 11.3 Å². The van der Waals surface area contributed by atoms with E-state index in [1.165, 1.54) is 7.11 Å². The number of alkyl carbamates (subject to hydrolysis) is 1. The molecule has 0 aliphatic carbocycles. The normalized spacial score (nSPS) is 12.1. The van der Waals surface area contributed by atoms with E-state index >= 15 is 0 Å². The molecule has 2 aromatic heterocycles. The van der Waals surface area contributed by atoms with E-state index in [-0.39, 0.29) is 6.54 Å². The summed E-state index contributed by atoms with van der Waals surface area (Å²) in [7, 11) is 1.27. The molecule has 1 atom stereocenters. The van der Waals surface area contributed by atoms with Gasteiger partial charge in [-0.2, -0.15) is 11.3 Å². The second-order valence-electron chi connectivity index (χ2n) is 3.60. The lowest BCUT2D eigenvalue weighted by Gasteiger charge is -2.08. The topological polar surface area (TPSA) is 71.7 Å². The van der Waals surface area contributed by atoms with Crippen molar-refractivity contribution in [2.75, 3.05) is 13.7 Å². The third kappa shape index (κ3) is 2.91. The number of hydrogen-bond acceptors (Lipinski definition) is 5. The van der Waals surface area contributed by atoms with E-state index in [9.17, 15) is 9.90 Å². The van der Waals surface area contributed by atoms with Crippen molar-refractivity contribution in [1.82, 2.24) is 5.32 Å². The first-order valence-electron chi connectivity index (χ1n) is 5.33. The third-order valence-corrected chi connectivity index (χ3v) is 3.07. The summed E-state index contributed by atoms with van der Waals surface area (Å²) in [5.74, 6) is 1.11. The number of carbonyl (C=O) groups excluding carboxylic acids is 1. The predicted octanol–water partition coefficient (Wildman–Crippen LogP) is 2.40. The largest absolute Gasteiger partial charge is 0.458 e. The second-order valence-corrected chi connectivity index (χ2v) is 4.38. The molecule has 0 aliphatic heterocycles. The molecule has 1 unspecified atom stereocenters. The highest BCUT2D eigenvalue weighted by molar-refractivity contribution is 7.08. The Labute approximate surface area is 108 Å². The first-order valence-corrected chi connectivity index (χ1v) is 6.27. The molecule has 0 spiro atoms. The quantitative estimate of drug-likeness (QED) is 0.892. The van der Waals surface area contributed by atoms with Crippen LogP contribution < -0.4 is 5.32 Å². The van der Waals surface area contributed by atoms with Crippen LogP contribution in [0.5, 0.6) is 0 Å². The Morgan fingerprint density at radius 2 is 2.39 bits per heavy atom. The fourth-order valence-electron chi connectivity index (χ4n) is 1.44. The molecule has 2 rings (SSSR count). The molecule has 96 valence electrons. The van der Waals surface area contributed by atoms with Crippen molar-refractivity contribution in [3.63, 3.8) is 0 Å². The summed E-state index contributed by atoms with van der Waals surface area (Å²) >= 11 is 1.57. The van der Waals surface area contributed by atoms with Crippen LogP contribution in [0.1, 0.15) is 11.9 Å². The minimum atomic E-state index is -0.892. The zero-order chi connectivity index (χ0) is 13.0. The van der Waals surface area contributed by atoms with Crippen LogP contribution in [0.4, 0.5) is 4.79 Å². The molecule has 18 heavy (non-hydrogen) atoms. The summed E-state index contributed by atoms with van der Waals surface area (Å²) in [5, 5.41) is 16.1. The van der Waals surface area contributed by atoms with Crippen LogP contribution in [0.3, 0.4) is 0 Å². The highest BCUT2D eigenvalue weighted by Crippen LogP contribution is 2.26. The Bertz CT molecular complexity index is 506. The Morgan fingerprint density at radius 3 is 3.06 bits per heavy atom. The molecular weight excluding hydrogens is 254 g/mol. The number of nitrogens with one attached hydrogen (secondary N) is 1. The Balaban J connectivity index is 1.99. The molecule has 5 nitrogen and oxygen atoms in total. The van der Waals surface area contributed by atoms with Crippen LogP contribution >= 0.6 is 11.3 Å². The highest BCUT2D eigenvalue weighted by Gasteiger charge is 2.14. The molecule has 0 bridgehead atoms. The maximum Gasteiger partial charge on any atom is 0.406 e. The fourth-order valence-corrected chi connectivity index (χ4v) is 2.09. The fraction of sp³-hybridized carbons (Fsp3) is 0.250. The SMILES string of the molecule is COC(=O)NCC(O)c1ccc(-c2ccsc2)o1. The van der Waals surface area contributed by atoms with Gasteiger partial charge < -0.3 is 19.6 Å². The maximum absolute atomic E-state index is 10.9. The van der Waals surface area contributed by atoms with Crippen molar-refractivity contribution in [1.29, 1.82) is 0 Å². The highest BCUT2D eigenvalue weighted by atomic mass is 32.1. The van der Waals surface area contributed by atoms with Crippen LogP contribution in [0.15, 0.2) is 33.4 Å². The molecule has 2 N–H and O–H groups in total. The van der Waals surface area contributed by atoms with Gasteiger partial charge >= 0.3 is 6.09 Å². The van der Waals surface area contributed by atoms with Crippen molar-refractivity contribution in [2.45, 2.75) is 6.10 Å². The average Bonchev–Trinajstić information content (AvgIpc) is 3.04. The molecule has 0 aliphatic rings. The molecule has 1 amide bonds. The van der Waals surface area contributed by atoms with E-state index in [2.05, 4.69) is 10.1 Å². The van der Waals surface area contributed by atoms with Crippen molar-refractivity contribution >= 4 is 17.4 Å². The third-order valence-electron chi connectivity index (χ3n) is 2.39. The van der Waals surface area contributed by atoms with Gasteiger partial charge in [0, 0.05) is 10.9 Å².